The molecule has 0 saturated heterocycles. The Morgan fingerprint density at radius 1 is 1.47 bits per heavy atom. The molecule has 1 atom stereocenters. The van der Waals surface area contributed by atoms with Crippen LogP contribution in [0.4, 0.5) is 5.69 Å². The zero-order valence-corrected chi connectivity index (χ0v) is 9.64. The lowest BCUT2D eigenvalue weighted by Gasteiger charge is -2.13. The average molecular weight is 256 g/mol. The van der Waals surface area contributed by atoms with Gasteiger partial charge in [0.15, 0.2) is 0 Å². The van der Waals surface area contributed by atoms with Crippen LogP contribution in [0.2, 0.25) is 5.02 Å². The minimum atomic E-state index is -0.544. The van der Waals surface area contributed by atoms with Crippen LogP contribution in [0.5, 0.6) is 5.75 Å². The third-order valence-corrected chi connectivity index (χ3v) is 2.93. The second-order valence-electron chi connectivity index (χ2n) is 3.87. The van der Waals surface area contributed by atoms with Gasteiger partial charge in [0.2, 0.25) is 5.75 Å². The van der Waals surface area contributed by atoms with Crippen LogP contribution in [-0.2, 0) is 4.79 Å². The van der Waals surface area contributed by atoms with Crippen molar-refractivity contribution in [2.45, 2.75) is 25.4 Å². The molecule has 1 aromatic rings. The van der Waals surface area contributed by atoms with Crippen LogP contribution in [0.25, 0.3) is 0 Å². The molecule has 0 radical (unpaired) electrons. The predicted octanol–water partition coefficient (Wildman–Crippen LogP) is 2.75. The first-order chi connectivity index (χ1) is 8.08. The van der Waals surface area contributed by atoms with Crippen molar-refractivity contribution in [3.05, 3.63) is 33.3 Å². The number of para-hydroxylation sites is 1. The van der Waals surface area contributed by atoms with E-state index in [2.05, 4.69) is 0 Å². The summed E-state index contributed by atoms with van der Waals surface area (Å²) in [6.45, 7) is 0. The van der Waals surface area contributed by atoms with Crippen molar-refractivity contribution >= 4 is 23.1 Å². The number of ketones is 1. The summed E-state index contributed by atoms with van der Waals surface area (Å²) < 4.78 is 5.47. The van der Waals surface area contributed by atoms with Crippen LogP contribution < -0.4 is 4.74 Å². The Balaban J connectivity index is 2.25. The lowest BCUT2D eigenvalue weighted by molar-refractivity contribution is -0.386. The normalized spacial score (nSPS) is 19.4. The van der Waals surface area contributed by atoms with E-state index in [1.54, 1.807) is 0 Å². The molecule has 5 nitrogen and oxygen atoms in total. The van der Waals surface area contributed by atoms with E-state index in [1.165, 1.54) is 18.2 Å². The van der Waals surface area contributed by atoms with Gasteiger partial charge >= 0.3 is 5.69 Å². The lowest BCUT2D eigenvalue weighted by Crippen LogP contribution is -2.13. The molecule has 0 aliphatic heterocycles. The summed E-state index contributed by atoms with van der Waals surface area (Å²) >= 11 is 5.87. The number of nitro groups is 1. The maximum Gasteiger partial charge on any atom is 0.312 e. The van der Waals surface area contributed by atoms with Crippen molar-refractivity contribution in [1.82, 2.24) is 0 Å². The van der Waals surface area contributed by atoms with E-state index in [0.717, 1.165) is 0 Å². The van der Waals surface area contributed by atoms with Crippen LogP contribution in [0.15, 0.2) is 18.2 Å². The highest BCUT2D eigenvalue weighted by atomic mass is 35.5. The maximum atomic E-state index is 11.1. The van der Waals surface area contributed by atoms with E-state index in [0.29, 0.717) is 19.3 Å². The van der Waals surface area contributed by atoms with E-state index < -0.39 is 4.92 Å². The average Bonchev–Trinajstić information content (AvgIpc) is 2.67. The van der Waals surface area contributed by atoms with E-state index in [1.807, 2.05) is 0 Å². The van der Waals surface area contributed by atoms with Gasteiger partial charge in [-0.3, -0.25) is 14.9 Å². The molecule has 6 heteroatoms. The summed E-state index contributed by atoms with van der Waals surface area (Å²) in [5, 5.41) is 11.0. The molecular formula is C11H10ClNO4. The molecule has 17 heavy (non-hydrogen) atoms. The zero-order chi connectivity index (χ0) is 12.4. The van der Waals surface area contributed by atoms with Gasteiger partial charge in [-0.05, 0) is 12.5 Å². The number of carbonyl (C=O) groups excluding carboxylic acids is 1. The summed E-state index contributed by atoms with van der Waals surface area (Å²) in [6, 6.07) is 4.35. The first-order valence-electron chi connectivity index (χ1n) is 5.19. The monoisotopic (exact) mass is 255 g/mol. The fourth-order valence-corrected chi connectivity index (χ4v) is 2.02. The molecule has 0 amide bonds. The van der Waals surface area contributed by atoms with Crippen LogP contribution in [0.3, 0.4) is 0 Å². The predicted molar refractivity (Wildman–Crippen MR) is 61.4 cm³/mol. The Hall–Kier alpha value is -1.62. The number of nitro benzene ring substituents is 1. The number of Topliss-reactive ketones (excluding diaryl/α,β-unsaturated/α-hetero) is 1. The highest BCUT2D eigenvalue weighted by molar-refractivity contribution is 6.32. The number of halogens is 1. The lowest BCUT2D eigenvalue weighted by atomic mass is 10.2. The molecule has 0 aromatic heterocycles. The summed E-state index contributed by atoms with van der Waals surface area (Å²) in [5.74, 6) is 0.170. The molecule has 1 aliphatic rings. The van der Waals surface area contributed by atoms with Crippen molar-refractivity contribution < 1.29 is 14.5 Å². The molecule has 0 bridgehead atoms. The van der Waals surface area contributed by atoms with E-state index in [4.69, 9.17) is 16.3 Å². The van der Waals surface area contributed by atoms with Gasteiger partial charge in [0, 0.05) is 18.9 Å². The molecule has 1 aromatic carbocycles. The summed E-state index contributed by atoms with van der Waals surface area (Å²) in [5.41, 5.74) is -0.170. The second kappa shape index (κ2) is 4.71. The molecule has 90 valence electrons. The second-order valence-corrected chi connectivity index (χ2v) is 4.27. The topological polar surface area (TPSA) is 69.4 Å². The maximum absolute atomic E-state index is 11.1. The van der Waals surface area contributed by atoms with Crippen molar-refractivity contribution in [3.63, 3.8) is 0 Å². The van der Waals surface area contributed by atoms with Gasteiger partial charge in [0.1, 0.15) is 11.9 Å². The van der Waals surface area contributed by atoms with Crippen molar-refractivity contribution in [2.24, 2.45) is 0 Å². The van der Waals surface area contributed by atoms with Gasteiger partial charge in [-0.25, -0.2) is 0 Å². The third kappa shape index (κ3) is 2.55. The van der Waals surface area contributed by atoms with Gasteiger partial charge in [-0.15, -0.1) is 0 Å². The highest BCUT2D eigenvalue weighted by Gasteiger charge is 2.27. The zero-order valence-electron chi connectivity index (χ0n) is 8.89. The first-order valence-corrected chi connectivity index (χ1v) is 5.57. The van der Waals surface area contributed by atoms with Crippen molar-refractivity contribution in [2.75, 3.05) is 0 Å². The van der Waals surface area contributed by atoms with Crippen LogP contribution in [0.1, 0.15) is 19.3 Å². The molecule has 1 fully saturated rings. The van der Waals surface area contributed by atoms with Crippen molar-refractivity contribution in [1.29, 1.82) is 0 Å². The Labute approximate surface area is 102 Å². The smallest absolute Gasteiger partial charge is 0.312 e. The number of carbonyl (C=O) groups is 1. The number of nitrogens with zero attached hydrogens (tertiary/aromatic N) is 1. The summed E-state index contributed by atoms with van der Waals surface area (Å²) in [7, 11) is 0. The molecular weight excluding hydrogens is 246 g/mol. The Morgan fingerprint density at radius 3 is 2.82 bits per heavy atom. The molecule has 1 saturated carbocycles. The summed E-state index contributed by atoms with van der Waals surface area (Å²) in [6.07, 6.45) is 1.04. The first kappa shape index (κ1) is 11.9. The van der Waals surface area contributed by atoms with Gasteiger partial charge in [-0.1, -0.05) is 17.7 Å². The van der Waals surface area contributed by atoms with E-state index in [-0.39, 0.29) is 28.3 Å². The molecule has 0 N–H and O–H groups in total. The van der Waals surface area contributed by atoms with Gasteiger partial charge in [-0.2, -0.15) is 0 Å². The SMILES string of the molecule is O=C1CCC(Oc2c(Cl)cccc2[N+](=O)[O-])C1. The number of benzene rings is 1. The van der Waals surface area contributed by atoms with Crippen molar-refractivity contribution in [3.8, 4) is 5.75 Å². The number of rotatable bonds is 3. The van der Waals surface area contributed by atoms with Crippen LogP contribution >= 0.6 is 11.6 Å². The molecule has 1 unspecified atom stereocenters. The Morgan fingerprint density at radius 2 is 2.24 bits per heavy atom. The quantitative estimate of drug-likeness (QED) is 0.615. The van der Waals surface area contributed by atoms with E-state index >= 15 is 0 Å². The minimum Gasteiger partial charge on any atom is -0.482 e. The standard InChI is InChI=1S/C11H10ClNO4/c12-9-2-1-3-10(13(15)16)11(9)17-8-5-4-7(14)6-8/h1-3,8H,4-6H2. The van der Waals surface area contributed by atoms with Gasteiger partial charge < -0.3 is 4.74 Å². The molecule has 2 rings (SSSR count). The van der Waals surface area contributed by atoms with Gasteiger partial charge in [0.05, 0.1) is 9.95 Å². The van der Waals surface area contributed by atoms with Gasteiger partial charge in [0.25, 0.3) is 0 Å². The largest absolute Gasteiger partial charge is 0.482 e. The summed E-state index contributed by atoms with van der Waals surface area (Å²) in [4.78, 5) is 21.4. The fourth-order valence-electron chi connectivity index (χ4n) is 1.81. The Kier molecular flexibility index (Phi) is 3.28. The third-order valence-electron chi connectivity index (χ3n) is 2.63. The van der Waals surface area contributed by atoms with Crippen LogP contribution in [0, 0.1) is 10.1 Å². The number of hydrogen-bond donors (Lipinski definition) is 0. The number of hydrogen-bond acceptors (Lipinski definition) is 4. The molecule has 1 aliphatic carbocycles. The molecule has 0 spiro atoms. The number of ether oxygens (including phenoxy) is 1. The van der Waals surface area contributed by atoms with E-state index in [9.17, 15) is 14.9 Å². The minimum absolute atomic E-state index is 0.0545. The molecule has 0 heterocycles. The fraction of sp³-hybridized carbons (Fsp3) is 0.364. The highest BCUT2D eigenvalue weighted by Crippen LogP contribution is 2.36. The Bertz CT molecular complexity index is 475. The van der Waals surface area contributed by atoms with Crippen LogP contribution in [-0.4, -0.2) is 16.8 Å².